The summed E-state index contributed by atoms with van der Waals surface area (Å²) in [5.74, 6) is 3.46. The SMILES string of the molecule is COC(=O)CC1CCCC1Cc1ccc(O)cc1.COC(=O)CC1CCCC1Cc1ccc(OC)cc1.COc1ccc(CC2CCCC2C(=O)O)cc1. The maximum absolute atomic E-state index is 11.4. The fraction of sp³-hybridized carbons (Fsp3) is 0.533. The van der Waals surface area contributed by atoms with Gasteiger partial charge in [-0.1, -0.05) is 55.7 Å². The molecule has 0 bridgehead atoms. The molecule has 54 heavy (non-hydrogen) atoms. The summed E-state index contributed by atoms with van der Waals surface area (Å²) >= 11 is 0. The van der Waals surface area contributed by atoms with Crippen molar-refractivity contribution < 1.29 is 43.5 Å². The average Bonchev–Trinajstić information content (AvgIpc) is 3.96. The highest BCUT2D eigenvalue weighted by molar-refractivity contribution is 5.71. The Morgan fingerprint density at radius 1 is 0.519 bits per heavy atom. The van der Waals surface area contributed by atoms with E-state index in [0.717, 1.165) is 62.9 Å². The van der Waals surface area contributed by atoms with Crippen LogP contribution in [-0.4, -0.2) is 56.6 Å². The molecule has 3 aromatic rings. The number of ether oxygens (including phenoxy) is 4. The molecule has 9 heteroatoms. The Bertz CT molecular complexity index is 1570. The number of carbonyl (C=O) groups is 3. The van der Waals surface area contributed by atoms with Crippen molar-refractivity contribution >= 4 is 17.9 Å². The number of hydrogen-bond acceptors (Lipinski definition) is 8. The lowest BCUT2D eigenvalue weighted by Crippen LogP contribution is -2.19. The van der Waals surface area contributed by atoms with Gasteiger partial charge in [0.1, 0.15) is 17.2 Å². The molecule has 3 aromatic carbocycles. The van der Waals surface area contributed by atoms with Gasteiger partial charge in [-0.05, 0) is 140 Å². The highest BCUT2D eigenvalue weighted by atomic mass is 16.5. The standard InChI is InChI=1S/C16H22O3.C15H20O3.C14H18O3/c1-18-15-8-6-12(7-9-15)10-13-4-3-5-14(13)11-16(17)19-2;1-18-15(17)10-13-4-2-3-12(13)9-11-5-7-14(16)8-6-11;1-17-12-7-5-10(6-8-12)9-11-3-2-4-13(11)14(15)16/h6-9,13-14H,3-5,10-11H2,1-2H3;5-8,12-13,16H,2-4,9-10H2,1H3;5-8,11,13H,2-4,9H2,1H3,(H,15,16). The van der Waals surface area contributed by atoms with Crippen LogP contribution in [0.1, 0.15) is 87.3 Å². The van der Waals surface area contributed by atoms with Crippen LogP contribution in [0.2, 0.25) is 0 Å². The number of benzene rings is 3. The van der Waals surface area contributed by atoms with Gasteiger partial charge in [-0.25, -0.2) is 0 Å². The second-order valence-corrected chi connectivity index (χ2v) is 15.1. The van der Waals surface area contributed by atoms with Crippen LogP contribution in [0.5, 0.6) is 17.2 Å². The number of carbonyl (C=O) groups excluding carboxylic acids is 2. The molecule has 6 atom stereocenters. The molecule has 0 spiro atoms. The number of aromatic hydroxyl groups is 1. The summed E-state index contributed by atoms with van der Waals surface area (Å²) in [7, 11) is 6.24. The van der Waals surface area contributed by atoms with Crippen LogP contribution in [0.4, 0.5) is 0 Å². The van der Waals surface area contributed by atoms with Gasteiger partial charge in [-0.3, -0.25) is 14.4 Å². The zero-order chi connectivity index (χ0) is 38.9. The van der Waals surface area contributed by atoms with Gasteiger partial charge in [0.05, 0.1) is 34.4 Å². The van der Waals surface area contributed by atoms with Gasteiger partial charge in [0.2, 0.25) is 0 Å². The first-order valence-corrected chi connectivity index (χ1v) is 19.5. The van der Waals surface area contributed by atoms with Crippen molar-refractivity contribution in [3.63, 3.8) is 0 Å². The second kappa shape index (κ2) is 22.0. The Labute approximate surface area is 321 Å². The maximum atomic E-state index is 11.4. The molecular formula is C45H60O9. The normalized spacial score (nSPS) is 22.9. The zero-order valence-corrected chi connectivity index (χ0v) is 32.5. The Balaban J connectivity index is 0.000000181. The van der Waals surface area contributed by atoms with E-state index in [-0.39, 0.29) is 17.9 Å². The van der Waals surface area contributed by atoms with E-state index in [2.05, 4.69) is 12.1 Å². The molecule has 6 unspecified atom stereocenters. The van der Waals surface area contributed by atoms with E-state index in [1.54, 1.807) is 26.4 Å². The van der Waals surface area contributed by atoms with E-state index in [9.17, 15) is 19.5 Å². The smallest absolute Gasteiger partial charge is 0.306 e. The summed E-state index contributed by atoms with van der Waals surface area (Å²) in [5.41, 5.74) is 3.75. The number of methoxy groups -OCH3 is 4. The topological polar surface area (TPSA) is 129 Å². The predicted molar refractivity (Wildman–Crippen MR) is 209 cm³/mol. The Morgan fingerprint density at radius 2 is 0.870 bits per heavy atom. The highest BCUT2D eigenvalue weighted by Gasteiger charge is 2.33. The lowest BCUT2D eigenvalue weighted by molar-refractivity contribution is -0.143. The molecule has 3 fully saturated rings. The first kappa shape index (κ1) is 42.2. The predicted octanol–water partition coefficient (Wildman–Crippen LogP) is 8.87. The first-order chi connectivity index (χ1) is 26.1. The van der Waals surface area contributed by atoms with E-state index in [1.807, 2.05) is 48.5 Å². The van der Waals surface area contributed by atoms with E-state index < -0.39 is 5.97 Å². The number of esters is 2. The molecule has 3 aliphatic rings. The number of rotatable bonds is 13. The van der Waals surface area contributed by atoms with Crippen molar-refractivity contribution in [3.05, 3.63) is 89.5 Å². The van der Waals surface area contributed by atoms with Gasteiger partial charge >= 0.3 is 17.9 Å². The number of phenolic OH excluding ortho intramolecular Hbond substituents is 1. The molecular weight excluding hydrogens is 684 g/mol. The van der Waals surface area contributed by atoms with Gasteiger partial charge in [-0.2, -0.15) is 0 Å². The molecule has 3 aliphatic carbocycles. The quantitative estimate of drug-likeness (QED) is 0.165. The average molecular weight is 745 g/mol. The number of aliphatic carboxylic acids is 1. The van der Waals surface area contributed by atoms with Gasteiger partial charge < -0.3 is 29.2 Å². The Kier molecular flexibility index (Phi) is 17.2. The molecule has 6 rings (SSSR count). The molecule has 0 heterocycles. The largest absolute Gasteiger partial charge is 0.508 e. The molecule has 2 N–H and O–H groups in total. The van der Waals surface area contributed by atoms with E-state index in [0.29, 0.717) is 48.2 Å². The highest BCUT2D eigenvalue weighted by Crippen LogP contribution is 2.38. The molecule has 0 amide bonds. The van der Waals surface area contributed by atoms with Crippen LogP contribution < -0.4 is 9.47 Å². The van der Waals surface area contributed by atoms with Gasteiger partial charge in [0, 0.05) is 12.8 Å². The Hall–Kier alpha value is -4.53. The van der Waals surface area contributed by atoms with E-state index >= 15 is 0 Å². The number of carboxylic acids is 1. The zero-order valence-electron chi connectivity index (χ0n) is 32.5. The minimum absolute atomic E-state index is 0.0772. The lowest BCUT2D eigenvalue weighted by atomic mass is 9.87. The van der Waals surface area contributed by atoms with Crippen molar-refractivity contribution in [1.29, 1.82) is 0 Å². The number of phenols is 1. The van der Waals surface area contributed by atoms with E-state index in [4.69, 9.17) is 24.1 Å². The molecule has 3 saturated carbocycles. The fourth-order valence-corrected chi connectivity index (χ4v) is 8.57. The molecule has 0 aromatic heterocycles. The molecule has 9 nitrogen and oxygen atoms in total. The molecule has 0 radical (unpaired) electrons. The summed E-state index contributed by atoms with van der Waals surface area (Å²) in [6.07, 6.45) is 14.0. The summed E-state index contributed by atoms with van der Waals surface area (Å²) in [6.45, 7) is 0. The van der Waals surface area contributed by atoms with Crippen LogP contribution in [0.25, 0.3) is 0 Å². The fourth-order valence-electron chi connectivity index (χ4n) is 8.57. The summed E-state index contributed by atoms with van der Waals surface area (Å²) in [6, 6.07) is 23.5. The van der Waals surface area contributed by atoms with Crippen LogP contribution in [-0.2, 0) is 43.1 Å². The first-order valence-electron chi connectivity index (χ1n) is 19.5. The Morgan fingerprint density at radius 3 is 1.26 bits per heavy atom. The molecule has 294 valence electrons. The third-order valence-electron chi connectivity index (χ3n) is 11.7. The monoisotopic (exact) mass is 744 g/mol. The maximum Gasteiger partial charge on any atom is 0.306 e. The second-order valence-electron chi connectivity index (χ2n) is 15.1. The summed E-state index contributed by atoms with van der Waals surface area (Å²) in [4.78, 5) is 33.8. The number of carboxylic acid groups (broad SMARTS) is 1. The number of hydrogen-bond donors (Lipinski definition) is 2. The summed E-state index contributed by atoms with van der Waals surface area (Å²) < 4.78 is 19.8. The minimum Gasteiger partial charge on any atom is -0.508 e. The minimum atomic E-state index is -0.638. The van der Waals surface area contributed by atoms with Crippen LogP contribution in [0, 0.1) is 35.5 Å². The summed E-state index contributed by atoms with van der Waals surface area (Å²) in [5, 5.41) is 18.4. The van der Waals surface area contributed by atoms with Crippen molar-refractivity contribution in [2.45, 2.75) is 89.9 Å². The van der Waals surface area contributed by atoms with Gasteiger partial charge in [0.15, 0.2) is 0 Å². The van der Waals surface area contributed by atoms with Gasteiger partial charge in [0.25, 0.3) is 0 Å². The third-order valence-corrected chi connectivity index (χ3v) is 11.7. The van der Waals surface area contributed by atoms with E-state index in [1.165, 1.54) is 56.6 Å². The molecule has 0 saturated heterocycles. The molecule has 0 aliphatic heterocycles. The third kappa shape index (κ3) is 13.4. The van der Waals surface area contributed by atoms with Crippen molar-refractivity contribution in [3.8, 4) is 17.2 Å². The van der Waals surface area contributed by atoms with Crippen molar-refractivity contribution in [2.75, 3.05) is 28.4 Å². The van der Waals surface area contributed by atoms with Crippen molar-refractivity contribution in [1.82, 2.24) is 0 Å². The van der Waals surface area contributed by atoms with Crippen LogP contribution in [0.15, 0.2) is 72.8 Å². The van der Waals surface area contributed by atoms with Crippen LogP contribution >= 0.6 is 0 Å². The van der Waals surface area contributed by atoms with Gasteiger partial charge in [-0.15, -0.1) is 0 Å². The lowest BCUT2D eigenvalue weighted by Gasteiger charge is -2.18. The van der Waals surface area contributed by atoms with Crippen molar-refractivity contribution in [2.24, 2.45) is 35.5 Å². The van der Waals surface area contributed by atoms with Crippen LogP contribution in [0.3, 0.4) is 0 Å².